The molecule has 0 aliphatic rings. The molecule has 2 rings (SSSR count). The summed E-state index contributed by atoms with van der Waals surface area (Å²) in [6.45, 7) is 6.16. The number of thioether (sulfide) groups is 1. The quantitative estimate of drug-likeness (QED) is 0.514. The monoisotopic (exact) mass is 346 g/mol. The molecule has 1 unspecified atom stereocenters. The Labute approximate surface area is 148 Å². The lowest BCUT2D eigenvalue weighted by Crippen LogP contribution is -2.32. The van der Waals surface area contributed by atoms with E-state index in [2.05, 4.69) is 24.3 Å². The molecule has 2 aromatic rings. The van der Waals surface area contributed by atoms with Crippen molar-refractivity contribution >= 4 is 17.7 Å². The third-order valence-electron chi connectivity index (χ3n) is 3.80. The average Bonchev–Trinajstić information content (AvgIpc) is 2.99. The van der Waals surface area contributed by atoms with E-state index in [-0.39, 0.29) is 11.9 Å². The fourth-order valence-electron chi connectivity index (χ4n) is 2.49. The number of rotatable bonds is 9. The van der Waals surface area contributed by atoms with Crippen LogP contribution in [-0.2, 0) is 5.75 Å². The maximum absolute atomic E-state index is 12.6. The number of benzene rings is 1. The van der Waals surface area contributed by atoms with Crippen molar-refractivity contribution < 1.29 is 9.32 Å². The molecule has 0 saturated carbocycles. The van der Waals surface area contributed by atoms with Crippen LogP contribution in [0.4, 0.5) is 0 Å². The maximum atomic E-state index is 12.6. The predicted octanol–water partition coefficient (Wildman–Crippen LogP) is 4.97. The largest absolute Gasteiger partial charge is 0.360 e. The first-order chi connectivity index (χ1) is 11.6. The second-order valence-corrected chi connectivity index (χ2v) is 7.11. The van der Waals surface area contributed by atoms with Crippen molar-refractivity contribution in [3.63, 3.8) is 0 Å². The Balaban J connectivity index is 1.95. The van der Waals surface area contributed by atoms with E-state index in [0.717, 1.165) is 34.8 Å². The van der Waals surface area contributed by atoms with Crippen molar-refractivity contribution in [3.8, 4) is 0 Å². The Hall–Kier alpha value is -1.75. The van der Waals surface area contributed by atoms with Crippen LogP contribution in [-0.4, -0.2) is 17.1 Å². The van der Waals surface area contributed by atoms with Gasteiger partial charge in [-0.3, -0.25) is 4.79 Å². The molecule has 24 heavy (non-hydrogen) atoms. The van der Waals surface area contributed by atoms with Gasteiger partial charge in [-0.1, -0.05) is 43.5 Å². The van der Waals surface area contributed by atoms with Crippen LogP contribution in [0.25, 0.3) is 0 Å². The van der Waals surface area contributed by atoms with Crippen molar-refractivity contribution in [2.24, 2.45) is 0 Å². The van der Waals surface area contributed by atoms with Crippen molar-refractivity contribution in [1.29, 1.82) is 0 Å². The molecule has 1 amide bonds. The van der Waals surface area contributed by atoms with Crippen molar-refractivity contribution in [3.05, 3.63) is 47.3 Å². The second-order valence-electron chi connectivity index (χ2n) is 6.09. The molecule has 0 bridgehead atoms. The second kappa shape index (κ2) is 9.52. The Morgan fingerprint density at radius 1 is 1.33 bits per heavy atom. The number of hydrogen-bond acceptors (Lipinski definition) is 4. The number of aromatic nitrogens is 1. The van der Waals surface area contributed by atoms with E-state index in [9.17, 15) is 4.79 Å². The highest BCUT2D eigenvalue weighted by atomic mass is 32.2. The van der Waals surface area contributed by atoms with Gasteiger partial charge < -0.3 is 9.84 Å². The van der Waals surface area contributed by atoms with E-state index in [1.807, 2.05) is 37.3 Å². The van der Waals surface area contributed by atoms with Crippen LogP contribution in [0.1, 0.15) is 61.3 Å². The zero-order valence-electron chi connectivity index (χ0n) is 14.7. The Bertz CT molecular complexity index is 654. The molecule has 130 valence electrons. The van der Waals surface area contributed by atoms with Crippen LogP contribution in [0.5, 0.6) is 0 Å². The summed E-state index contributed by atoms with van der Waals surface area (Å²) in [6.07, 6.45) is 4.58. The van der Waals surface area contributed by atoms with E-state index >= 15 is 0 Å². The third-order valence-corrected chi connectivity index (χ3v) is 4.89. The van der Waals surface area contributed by atoms with Crippen LogP contribution in [0.3, 0.4) is 0 Å². The van der Waals surface area contributed by atoms with E-state index < -0.39 is 0 Å². The zero-order chi connectivity index (χ0) is 17.4. The Morgan fingerprint density at radius 2 is 2.12 bits per heavy atom. The topological polar surface area (TPSA) is 55.1 Å². The number of amides is 1. The molecule has 1 atom stereocenters. The van der Waals surface area contributed by atoms with Gasteiger partial charge in [0.1, 0.15) is 5.76 Å². The van der Waals surface area contributed by atoms with Crippen LogP contribution in [0, 0.1) is 6.92 Å². The van der Waals surface area contributed by atoms with Crippen LogP contribution in [0.2, 0.25) is 0 Å². The Morgan fingerprint density at radius 3 is 2.83 bits per heavy atom. The average molecular weight is 346 g/mol. The van der Waals surface area contributed by atoms with E-state index in [0.29, 0.717) is 5.75 Å². The van der Waals surface area contributed by atoms with Gasteiger partial charge in [0.2, 0.25) is 0 Å². The van der Waals surface area contributed by atoms with Gasteiger partial charge in [0.05, 0.1) is 17.0 Å². The van der Waals surface area contributed by atoms with Gasteiger partial charge in [-0.15, -0.1) is 11.8 Å². The first kappa shape index (κ1) is 18.6. The number of hydrogen-bond donors (Lipinski definition) is 1. The first-order valence-corrected chi connectivity index (χ1v) is 9.53. The summed E-state index contributed by atoms with van der Waals surface area (Å²) in [5.41, 5.74) is 1.60. The number of nitrogens with one attached hydrogen (secondary N) is 1. The van der Waals surface area contributed by atoms with Crippen molar-refractivity contribution in [1.82, 2.24) is 10.5 Å². The number of carbonyl (C=O) groups excluding carboxylic acids is 1. The van der Waals surface area contributed by atoms with Gasteiger partial charge >= 0.3 is 0 Å². The van der Waals surface area contributed by atoms with Gasteiger partial charge in [-0.2, -0.15) is 0 Å². The number of carbonyl (C=O) groups is 1. The minimum absolute atomic E-state index is 0.00384. The summed E-state index contributed by atoms with van der Waals surface area (Å²) in [7, 11) is 0. The number of nitrogens with zero attached hydrogens (tertiary/aromatic N) is 1. The molecular formula is C19H26N2O2S. The Kier molecular flexibility index (Phi) is 7.37. The molecule has 4 nitrogen and oxygen atoms in total. The van der Waals surface area contributed by atoms with Gasteiger partial charge in [-0.05, 0) is 32.4 Å². The van der Waals surface area contributed by atoms with Gasteiger partial charge in [0, 0.05) is 17.0 Å². The fraction of sp³-hybridized carbons (Fsp3) is 0.474. The molecule has 5 heteroatoms. The number of aryl methyl sites for hydroxylation is 1. The summed E-state index contributed by atoms with van der Waals surface area (Å²) >= 11 is 1.60. The molecular weight excluding hydrogens is 320 g/mol. The maximum Gasteiger partial charge on any atom is 0.252 e. The molecule has 0 saturated heterocycles. The lowest BCUT2D eigenvalue weighted by atomic mass is 10.1. The minimum atomic E-state index is -0.00384. The predicted molar refractivity (Wildman–Crippen MR) is 98.3 cm³/mol. The summed E-state index contributed by atoms with van der Waals surface area (Å²) in [5, 5.41) is 7.00. The van der Waals surface area contributed by atoms with E-state index in [1.165, 1.54) is 12.8 Å². The van der Waals surface area contributed by atoms with E-state index in [1.54, 1.807) is 11.8 Å². The molecule has 1 aromatic carbocycles. The smallest absolute Gasteiger partial charge is 0.252 e. The highest BCUT2D eigenvalue weighted by molar-refractivity contribution is 7.98. The molecule has 0 spiro atoms. The molecule has 0 aliphatic heterocycles. The van der Waals surface area contributed by atoms with Crippen LogP contribution < -0.4 is 5.32 Å². The molecule has 0 aliphatic carbocycles. The third kappa shape index (κ3) is 5.71. The highest BCUT2D eigenvalue weighted by Gasteiger charge is 2.14. The molecule has 1 aromatic heterocycles. The van der Waals surface area contributed by atoms with Gasteiger partial charge in [0.25, 0.3) is 5.91 Å². The molecule has 1 heterocycles. The summed E-state index contributed by atoms with van der Waals surface area (Å²) < 4.78 is 5.23. The standard InChI is InChI=1S/C19H26N2O2S/c1-4-5-6-9-14(2)20-19(22)17-10-7-8-11-18(17)24-13-16-12-15(3)21-23-16/h7-8,10-12,14H,4-6,9,13H2,1-3H3,(H,20,22). The van der Waals surface area contributed by atoms with Crippen molar-refractivity contribution in [2.75, 3.05) is 0 Å². The lowest BCUT2D eigenvalue weighted by Gasteiger charge is -2.15. The number of unbranched alkanes of at least 4 members (excludes halogenated alkanes) is 2. The zero-order valence-corrected chi connectivity index (χ0v) is 15.5. The first-order valence-electron chi connectivity index (χ1n) is 8.55. The summed E-state index contributed by atoms with van der Waals surface area (Å²) in [4.78, 5) is 13.5. The summed E-state index contributed by atoms with van der Waals surface area (Å²) in [6, 6.07) is 9.83. The van der Waals surface area contributed by atoms with Gasteiger partial charge in [0.15, 0.2) is 0 Å². The van der Waals surface area contributed by atoms with Gasteiger partial charge in [-0.25, -0.2) is 0 Å². The highest BCUT2D eigenvalue weighted by Crippen LogP contribution is 2.26. The molecule has 0 radical (unpaired) electrons. The molecule has 0 fully saturated rings. The summed E-state index contributed by atoms with van der Waals surface area (Å²) in [5.74, 6) is 1.48. The SMILES string of the molecule is CCCCCC(C)NC(=O)c1ccccc1SCc1cc(C)no1. The lowest BCUT2D eigenvalue weighted by molar-refractivity contribution is 0.0935. The fourth-order valence-corrected chi connectivity index (χ4v) is 3.41. The minimum Gasteiger partial charge on any atom is -0.360 e. The molecule has 1 N–H and O–H groups in total. The van der Waals surface area contributed by atoms with E-state index in [4.69, 9.17) is 4.52 Å². The normalized spacial score (nSPS) is 12.1. The van der Waals surface area contributed by atoms with Crippen LogP contribution >= 0.6 is 11.8 Å². The van der Waals surface area contributed by atoms with Crippen LogP contribution in [0.15, 0.2) is 39.8 Å². The van der Waals surface area contributed by atoms with Crippen molar-refractivity contribution in [2.45, 2.75) is 63.1 Å².